The molecule has 0 aliphatic heterocycles. The Morgan fingerprint density at radius 2 is 1.87 bits per heavy atom. The Labute approximate surface area is 89.6 Å². The molecule has 1 fully saturated rings. The number of aliphatic carboxylic acids is 1. The van der Waals surface area contributed by atoms with E-state index < -0.39 is 23.5 Å². The van der Waals surface area contributed by atoms with Gasteiger partial charge in [-0.05, 0) is 25.2 Å². The molecule has 0 amide bonds. The van der Waals surface area contributed by atoms with Gasteiger partial charge in [0.1, 0.15) is 11.5 Å². The summed E-state index contributed by atoms with van der Waals surface area (Å²) in [4.78, 5) is 22.1. The largest absolute Gasteiger partial charge is 0.481 e. The van der Waals surface area contributed by atoms with Gasteiger partial charge >= 0.3 is 11.9 Å². The van der Waals surface area contributed by atoms with Crippen LogP contribution >= 0.6 is 0 Å². The average Bonchev–Trinajstić information content (AvgIpc) is 2.21. The van der Waals surface area contributed by atoms with E-state index in [1.54, 1.807) is 6.92 Å². The molecule has 4 heteroatoms. The summed E-state index contributed by atoms with van der Waals surface area (Å²) in [5.74, 6) is -1.30. The maximum absolute atomic E-state index is 11.2. The van der Waals surface area contributed by atoms with Crippen LogP contribution in [-0.4, -0.2) is 23.1 Å². The molecule has 0 radical (unpaired) electrons. The summed E-state index contributed by atoms with van der Waals surface area (Å²) in [7, 11) is 0. The number of ether oxygens (including phenoxy) is 1. The van der Waals surface area contributed by atoms with Crippen LogP contribution in [0.15, 0.2) is 0 Å². The van der Waals surface area contributed by atoms with Gasteiger partial charge in [0.25, 0.3) is 0 Å². The summed E-state index contributed by atoms with van der Waals surface area (Å²) < 4.78 is 5.10. The molecule has 1 N–H and O–H groups in total. The molecule has 0 spiro atoms. The second kappa shape index (κ2) is 3.51. The average molecular weight is 214 g/mol. The van der Waals surface area contributed by atoms with Crippen molar-refractivity contribution in [3.63, 3.8) is 0 Å². The summed E-state index contributed by atoms with van der Waals surface area (Å²) >= 11 is 0. The number of hydrogen-bond donors (Lipinski definition) is 1. The van der Waals surface area contributed by atoms with Crippen molar-refractivity contribution >= 4 is 11.9 Å². The molecular weight excluding hydrogens is 196 g/mol. The molecule has 2 atom stereocenters. The highest BCUT2D eigenvalue weighted by molar-refractivity contribution is 5.76. The Morgan fingerprint density at radius 1 is 1.33 bits per heavy atom. The van der Waals surface area contributed by atoms with E-state index in [-0.39, 0.29) is 5.41 Å². The smallest absolute Gasteiger partial charge is 0.313 e. The van der Waals surface area contributed by atoms with Gasteiger partial charge in [-0.1, -0.05) is 13.8 Å². The van der Waals surface area contributed by atoms with Crippen LogP contribution in [0.25, 0.3) is 0 Å². The molecule has 0 aromatic rings. The lowest BCUT2D eigenvalue weighted by atomic mass is 9.82. The highest BCUT2D eigenvalue weighted by Gasteiger charge is 2.54. The third-order valence-electron chi connectivity index (χ3n) is 3.09. The maximum Gasteiger partial charge on any atom is 0.313 e. The fraction of sp³-hybridized carbons (Fsp3) is 0.818. The highest BCUT2D eigenvalue weighted by atomic mass is 16.5. The van der Waals surface area contributed by atoms with Gasteiger partial charge < -0.3 is 9.84 Å². The molecule has 1 rings (SSSR count). The quantitative estimate of drug-likeness (QED) is 0.712. The minimum Gasteiger partial charge on any atom is -0.481 e. The van der Waals surface area contributed by atoms with Crippen LogP contribution in [0.1, 0.15) is 40.5 Å². The summed E-state index contributed by atoms with van der Waals surface area (Å²) in [6.07, 6.45) is 0.630. The first kappa shape index (κ1) is 12.0. The minimum absolute atomic E-state index is 0.0900. The number of esters is 1. The van der Waals surface area contributed by atoms with E-state index in [2.05, 4.69) is 0 Å². The third kappa shape index (κ3) is 2.30. The van der Waals surface area contributed by atoms with Gasteiger partial charge in [0.05, 0.1) is 0 Å². The van der Waals surface area contributed by atoms with Crippen molar-refractivity contribution in [1.82, 2.24) is 0 Å². The Morgan fingerprint density at radius 3 is 2.27 bits per heavy atom. The minimum atomic E-state index is -0.949. The molecule has 1 saturated carbocycles. The molecule has 15 heavy (non-hydrogen) atoms. The van der Waals surface area contributed by atoms with Crippen molar-refractivity contribution in [1.29, 1.82) is 0 Å². The predicted molar refractivity (Wildman–Crippen MR) is 54.3 cm³/mol. The van der Waals surface area contributed by atoms with Crippen LogP contribution in [-0.2, 0) is 14.3 Å². The normalized spacial score (nSPS) is 33.7. The predicted octanol–water partition coefficient (Wildman–Crippen LogP) is 1.83. The third-order valence-corrected chi connectivity index (χ3v) is 3.09. The number of carboxylic acids is 1. The zero-order chi connectivity index (χ0) is 11.9. The molecule has 1 aliphatic carbocycles. The van der Waals surface area contributed by atoms with Crippen molar-refractivity contribution in [3.8, 4) is 0 Å². The Kier molecular flexibility index (Phi) is 2.81. The highest BCUT2D eigenvalue weighted by Crippen LogP contribution is 2.50. The lowest BCUT2D eigenvalue weighted by Gasteiger charge is -2.26. The van der Waals surface area contributed by atoms with Crippen molar-refractivity contribution in [2.24, 2.45) is 10.8 Å². The molecule has 1 aliphatic rings. The van der Waals surface area contributed by atoms with E-state index in [4.69, 9.17) is 4.74 Å². The van der Waals surface area contributed by atoms with E-state index in [1.807, 2.05) is 13.8 Å². The van der Waals surface area contributed by atoms with Gasteiger partial charge in [-0.25, -0.2) is 0 Å². The molecule has 0 heterocycles. The number of carbonyl (C=O) groups is 2. The van der Waals surface area contributed by atoms with Gasteiger partial charge in [0, 0.05) is 6.92 Å². The number of rotatable bonds is 2. The Hall–Kier alpha value is -1.06. The van der Waals surface area contributed by atoms with Gasteiger partial charge in [-0.15, -0.1) is 0 Å². The van der Waals surface area contributed by atoms with Crippen molar-refractivity contribution in [3.05, 3.63) is 0 Å². The van der Waals surface area contributed by atoms with E-state index in [0.717, 1.165) is 0 Å². The molecule has 0 bridgehead atoms. The lowest BCUT2D eigenvalue weighted by molar-refractivity contribution is -0.163. The number of carbonyl (C=O) groups excluding carboxylic acids is 1. The summed E-state index contributed by atoms with van der Waals surface area (Å²) in [5, 5.41) is 9.20. The first-order chi connectivity index (χ1) is 6.67. The summed E-state index contributed by atoms with van der Waals surface area (Å²) in [5.41, 5.74) is -1.04. The fourth-order valence-corrected chi connectivity index (χ4v) is 2.49. The van der Waals surface area contributed by atoms with Crippen LogP contribution in [0.4, 0.5) is 0 Å². The number of hydrogen-bond acceptors (Lipinski definition) is 3. The SMILES string of the molecule is CC(=O)O[C@H]1CC(C)(C)C[C@]1(C)C(=O)O. The van der Waals surface area contributed by atoms with Crippen molar-refractivity contribution in [2.45, 2.75) is 46.6 Å². The molecule has 4 nitrogen and oxygen atoms in total. The monoisotopic (exact) mass is 214 g/mol. The molecular formula is C11H18O4. The molecule has 0 aromatic heterocycles. The van der Waals surface area contributed by atoms with E-state index in [1.165, 1.54) is 6.92 Å². The molecule has 0 saturated heterocycles. The van der Waals surface area contributed by atoms with Gasteiger partial charge in [0.15, 0.2) is 0 Å². The van der Waals surface area contributed by atoms with Crippen LogP contribution in [0.3, 0.4) is 0 Å². The first-order valence-electron chi connectivity index (χ1n) is 5.08. The molecule has 0 unspecified atom stereocenters. The van der Waals surface area contributed by atoms with Gasteiger partial charge in [0.2, 0.25) is 0 Å². The van der Waals surface area contributed by atoms with Crippen LogP contribution in [0.5, 0.6) is 0 Å². The zero-order valence-corrected chi connectivity index (χ0v) is 9.66. The Balaban J connectivity index is 2.93. The molecule has 86 valence electrons. The second-order valence-corrected chi connectivity index (χ2v) is 5.37. The summed E-state index contributed by atoms with van der Waals surface area (Å²) in [6.45, 7) is 6.96. The zero-order valence-electron chi connectivity index (χ0n) is 9.66. The topological polar surface area (TPSA) is 63.6 Å². The van der Waals surface area contributed by atoms with Crippen molar-refractivity contribution < 1.29 is 19.4 Å². The standard InChI is InChI=1S/C11H18O4/c1-7(12)15-8-5-10(2,3)6-11(8,4)9(13)14/h8H,5-6H2,1-4H3,(H,13,14)/t8-,11-/m0/s1. The van der Waals surface area contributed by atoms with Crippen LogP contribution in [0.2, 0.25) is 0 Å². The second-order valence-electron chi connectivity index (χ2n) is 5.37. The fourth-order valence-electron chi connectivity index (χ4n) is 2.49. The van der Waals surface area contributed by atoms with Crippen LogP contribution in [0, 0.1) is 10.8 Å². The molecule has 0 aromatic carbocycles. The van der Waals surface area contributed by atoms with E-state index in [0.29, 0.717) is 12.8 Å². The van der Waals surface area contributed by atoms with E-state index in [9.17, 15) is 14.7 Å². The first-order valence-corrected chi connectivity index (χ1v) is 5.08. The lowest BCUT2D eigenvalue weighted by Crippen LogP contribution is -2.38. The van der Waals surface area contributed by atoms with Crippen LogP contribution < -0.4 is 0 Å². The maximum atomic E-state index is 11.2. The van der Waals surface area contributed by atoms with Gasteiger partial charge in [-0.3, -0.25) is 9.59 Å². The number of carboxylic acid groups (broad SMARTS) is 1. The van der Waals surface area contributed by atoms with E-state index >= 15 is 0 Å². The van der Waals surface area contributed by atoms with Gasteiger partial charge in [-0.2, -0.15) is 0 Å². The Bertz CT molecular complexity index is 295. The van der Waals surface area contributed by atoms with Crippen molar-refractivity contribution in [2.75, 3.05) is 0 Å². The summed E-state index contributed by atoms with van der Waals surface area (Å²) in [6, 6.07) is 0.